The fraction of sp³-hybridized carbons (Fsp3) is 0.818. The van der Waals surface area contributed by atoms with Crippen LogP contribution in [0.5, 0.6) is 0 Å². The molecule has 0 aromatic heterocycles. The summed E-state index contributed by atoms with van der Waals surface area (Å²) in [7, 11) is 0. The van der Waals surface area contributed by atoms with Crippen LogP contribution < -0.4 is 0 Å². The molecule has 3 aliphatic rings. The highest BCUT2D eigenvalue weighted by molar-refractivity contribution is 5.81. The summed E-state index contributed by atoms with van der Waals surface area (Å²) in [4.78, 5) is 47.4. The van der Waals surface area contributed by atoms with Gasteiger partial charge >= 0.3 is 17.9 Å². The predicted molar refractivity (Wildman–Crippen MR) is 105 cm³/mol. The van der Waals surface area contributed by atoms with Crippen LogP contribution in [0.25, 0.3) is 0 Å². The number of aldehydes is 1. The molecule has 0 saturated heterocycles. The summed E-state index contributed by atoms with van der Waals surface area (Å²) in [6.45, 7) is 0.262. The summed E-state index contributed by atoms with van der Waals surface area (Å²) in [5.41, 5.74) is -1.27. The fourth-order valence-electron chi connectivity index (χ4n) is 5.37. The standard InChI is InChI=1S/C22H32O8/c23-13-22(10-4-3-7-18(22)20(26)27)29-12-14-8-9-15(11-14)30-21(28)17-6-2-1-5-16(17)19(24)25/h13-18H,1-12H2,(H,24,25)(H,26,27). The molecule has 8 nitrogen and oxygen atoms in total. The van der Waals surface area contributed by atoms with E-state index in [1.807, 2.05) is 0 Å². The molecule has 0 aliphatic heterocycles. The van der Waals surface area contributed by atoms with Crippen LogP contribution in [-0.2, 0) is 28.7 Å². The van der Waals surface area contributed by atoms with E-state index in [4.69, 9.17) is 9.47 Å². The lowest BCUT2D eigenvalue weighted by Crippen LogP contribution is -2.49. The Kier molecular flexibility index (Phi) is 7.50. The number of carbonyl (C=O) groups is 4. The molecule has 0 amide bonds. The third-order valence-corrected chi connectivity index (χ3v) is 7.15. The first kappa shape index (κ1) is 22.7. The van der Waals surface area contributed by atoms with Gasteiger partial charge in [-0.2, -0.15) is 0 Å². The molecule has 3 aliphatic carbocycles. The summed E-state index contributed by atoms with van der Waals surface area (Å²) < 4.78 is 11.6. The number of ether oxygens (including phenoxy) is 2. The topological polar surface area (TPSA) is 127 Å². The van der Waals surface area contributed by atoms with E-state index in [0.717, 1.165) is 32.1 Å². The summed E-state index contributed by atoms with van der Waals surface area (Å²) in [6, 6.07) is 0. The minimum Gasteiger partial charge on any atom is -0.481 e. The van der Waals surface area contributed by atoms with E-state index in [9.17, 15) is 29.4 Å². The van der Waals surface area contributed by atoms with Gasteiger partial charge in [-0.25, -0.2) is 0 Å². The van der Waals surface area contributed by atoms with Gasteiger partial charge in [0.15, 0.2) is 6.29 Å². The third kappa shape index (κ3) is 5.02. The highest BCUT2D eigenvalue weighted by Gasteiger charge is 2.47. The van der Waals surface area contributed by atoms with Gasteiger partial charge in [0.1, 0.15) is 11.7 Å². The van der Waals surface area contributed by atoms with Gasteiger partial charge in [-0.05, 0) is 50.9 Å². The monoisotopic (exact) mass is 424 g/mol. The van der Waals surface area contributed by atoms with Crippen molar-refractivity contribution < 1.29 is 38.9 Å². The Hall–Kier alpha value is -1.96. The van der Waals surface area contributed by atoms with Crippen molar-refractivity contribution in [3.63, 3.8) is 0 Å². The molecule has 0 bridgehead atoms. The SMILES string of the molecule is O=CC1(OCC2CCC(OC(=O)C3CCCCC3C(=O)O)C2)CCCCC1C(=O)O. The molecule has 0 aromatic carbocycles. The molecular formula is C22H32O8. The summed E-state index contributed by atoms with van der Waals surface area (Å²) in [5, 5.41) is 18.9. The molecule has 0 spiro atoms. The molecule has 30 heavy (non-hydrogen) atoms. The average Bonchev–Trinajstić information content (AvgIpc) is 3.19. The molecule has 8 heteroatoms. The van der Waals surface area contributed by atoms with Crippen LogP contribution in [0.3, 0.4) is 0 Å². The molecule has 168 valence electrons. The fourth-order valence-corrected chi connectivity index (χ4v) is 5.37. The van der Waals surface area contributed by atoms with Gasteiger partial charge in [0.2, 0.25) is 0 Å². The average molecular weight is 424 g/mol. The number of esters is 1. The Morgan fingerprint density at radius 2 is 1.60 bits per heavy atom. The van der Waals surface area contributed by atoms with Crippen molar-refractivity contribution in [3.8, 4) is 0 Å². The molecule has 3 rings (SSSR count). The van der Waals surface area contributed by atoms with E-state index in [0.29, 0.717) is 44.8 Å². The van der Waals surface area contributed by atoms with E-state index >= 15 is 0 Å². The van der Waals surface area contributed by atoms with E-state index in [1.54, 1.807) is 0 Å². The maximum absolute atomic E-state index is 12.6. The van der Waals surface area contributed by atoms with Crippen LogP contribution in [0.1, 0.15) is 70.6 Å². The van der Waals surface area contributed by atoms with Crippen molar-refractivity contribution in [2.75, 3.05) is 6.61 Å². The molecule has 6 atom stereocenters. The molecule has 0 aromatic rings. The molecule has 3 fully saturated rings. The summed E-state index contributed by atoms with van der Waals surface area (Å²) in [5.74, 6) is -4.34. The van der Waals surface area contributed by atoms with Gasteiger partial charge < -0.3 is 24.5 Å². The second-order valence-corrected chi connectivity index (χ2v) is 9.09. The van der Waals surface area contributed by atoms with E-state index in [-0.39, 0.29) is 18.6 Å². The highest BCUT2D eigenvalue weighted by Crippen LogP contribution is 2.38. The lowest BCUT2D eigenvalue weighted by Gasteiger charge is -2.38. The highest BCUT2D eigenvalue weighted by atomic mass is 16.5. The number of carboxylic acid groups (broad SMARTS) is 2. The van der Waals surface area contributed by atoms with Crippen LogP contribution >= 0.6 is 0 Å². The van der Waals surface area contributed by atoms with E-state index < -0.39 is 41.3 Å². The number of rotatable bonds is 8. The van der Waals surface area contributed by atoms with Crippen molar-refractivity contribution in [3.05, 3.63) is 0 Å². The Morgan fingerprint density at radius 3 is 2.27 bits per heavy atom. The molecule has 0 heterocycles. The van der Waals surface area contributed by atoms with Crippen LogP contribution in [0.4, 0.5) is 0 Å². The van der Waals surface area contributed by atoms with Crippen molar-refractivity contribution in [2.45, 2.75) is 82.3 Å². The van der Waals surface area contributed by atoms with Crippen LogP contribution in [-0.4, -0.2) is 52.7 Å². The smallest absolute Gasteiger partial charge is 0.310 e. The Bertz CT molecular complexity index is 662. The summed E-state index contributed by atoms with van der Waals surface area (Å²) >= 11 is 0. The molecule has 6 unspecified atom stereocenters. The van der Waals surface area contributed by atoms with Gasteiger partial charge in [-0.1, -0.05) is 25.7 Å². The first-order valence-electron chi connectivity index (χ1n) is 11.1. The normalized spacial score (nSPS) is 36.7. The molecule has 0 radical (unpaired) electrons. The number of carboxylic acids is 2. The van der Waals surface area contributed by atoms with Gasteiger partial charge in [0.05, 0.1) is 24.4 Å². The number of carbonyl (C=O) groups excluding carboxylic acids is 2. The van der Waals surface area contributed by atoms with Gasteiger partial charge in [0, 0.05) is 0 Å². The lowest BCUT2D eigenvalue weighted by atomic mass is 9.76. The molecule has 3 saturated carbocycles. The first-order chi connectivity index (χ1) is 14.4. The molecular weight excluding hydrogens is 392 g/mol. The van der Waals surface area contributed by atoms with Crippen LogP contribution in [0.15, 0.2) is 0 Å². The quantitative estimate of drug-likeness (QED) is 0.450. The zero-order valence-electron chi connectivity index (χ0n) is 17.3. The van der Waals surface area contributed by atoms with Crippen LogP contribution in [0, 0.1) is 23.7 Å². The number of aliphatic carboxylic acids is 2. The van der Waals surface area contributed by atoms with E-state index in [1.165, 1.54) is 0 Å². The van der Waals surface area contributed by atoms with E-state index in [2.05, 4.69) is 0 Å². The van der Waals surface area contributed by atoms with Gasteiger partial charge in [-0.3, -0.25) is 14.4 Å². The van der Waals surface area contributed by atoms with Gasteiger partial charge in [0.25, 0.3) is 0 Å². The summed E-state index contributed by atoms with van der Waals surface area (Å²) in [6.07, 6.45) is 7.49. The minimum absolute atomic E-state index is 0.0811. The number of hydrogen-bond acceptors (Lipinski definition) is 6. The Morgan fingerprint density at radius 1 is 0.900 bits per heavy atom. The second kappa shape index (κ2) is 9.90. The second-order valence-electron chi connectivity index (χ2n) is 9.09. The maximum atomic E-state index is 12.6. The van der Waals surface area contributed by atoms with Gasteiger partial charge in [-0.15, -0.1) is 0 Å². The lowest BCUT2D eigenvalue weighted by molar-refractivity contribution is -0.170. The van der Waals surface area contributed by atoms with Crippen molar-refractivity contribution in [2.24, 2.45) is 23.7 Å². The Balaban J connectivity index is 1.51. The zero-order valence-corrected chi connectivity index (χ0v) is 17.3. The van der Waals surface area contributed by atoms with Crippen molar-refractivity contribution >= 4 is 24.2 Å². The predicted octanol–water partition coefficient (Wildman–Crippen LogP) is 2.82. The first-order valence-corrected chi connectivity index (χ1v) is 11.1. The molecule has 2 N–H and O–H groups in total. The minimum atomic E-state index is -1.27. The third-order valence-electron chi connectivity index (χ3n) is 7.15. The Labute approximate surface area is 176 Å². The van der Waals surface area contributed by atoms with Crippen LogP contribution in [0.2, 0.25) is 0 Å². The number of hydrogen-bond donors (Lipinski definition) is 2. The zero-order chi connectivity index (χ0) is 21.7. The van der Waals surface area contributed by atoms with Crippen molar-refractivity contribution in [1.29, 1.82) is 0 Å². The largest absolute Gasteiger partial charge is 0.481 e. The van der Waals surface area contributed by atoms with Crippen molar-refractivity contribution in [1.82, 2.24) is 0 Å². The maximum Gasteiger partial charge on any atom is 0.310 e.